The third kappa shape index (κ3) is 4.53. The molecule has 3 heteroatoms. The fourth-order valence-corrected chi connectivity index (χ4v) is 4.22. The van der Waals surface area contributed by atoms with Gasteiger partial charge in [0.15, 0.2) is 0 Å². The molecule has 2 heterocycles. The molecule has 0 radical (unpaired) electrons. The van der Waals surface area contributed by atoms with Gasteiger partial charge in [-0.25, -0.2) is 0 Å². The highest BCUT2D eigenvalue weighted by Crippen LogP contribution is 2.23. The van der Waals surface area contributed by atoms with E-state index in [0.29, 0.717) is 6.04 Å². The zero-order valence-corrected chi connectivity index (χ0v) is 15.7. The quantitative estimate of drug-likeness (QED) is 0.889. The van der Waals surface area contributed by atoms with E-state index in [4.69, 9.17) is 5.73 Å². The van der Waals surface area contributed by atoms with Gasteiger partial charge in [0.2, 0.25) is 0 Å². The minimum absolute atomic E-state index is 0.404. The van der Waals surface area contributed by atoms with Gasteiger partial charge in [-0.3, -0.25) is 9.80 Å². The molecule has 0 saturated carbocycles. The highest BCUT2D eigenvalue weighted by molar-refractivity contribution is 5.64. The average molecular weight is 350 g/mol. The number of rotatable bonds is 5. The van der Waals surface area contributed by atoms with Crippen molar-refractivity contribution in [2.24, 2.45) is 5.73 Å². The van der Waals surface area contributed by atoms with Crippen LogP contribution in [0.25, 0.3) is 11.1 Å². The lowest BCUT2D eigenvalue weighted by Gasteiger charge is -2.30. The minimum Gasteiger partial charge on any atom is -0.328 e. The molecule has 0 atom stereocenters. The lowest BCUT2D eigenvalue weighted by atomic mass is 10.0. The molecule has 2 aliphatic rings. The molecule has 2 saturated heterocycles. The average Bonchev–Trinajstić information content (AvgIpc) is 3.17. The number of benzene rings is 2. The Labute approximate surface area is 157 Å². The Morgan fingerprint density at radius 3 is 2.12 bits per heavy atom. The van der Waals surface area contributed by atoms with Crippen LogP contribution in [0.5, 0.6) is 0 Å². The van der Waals surface area contributed by atoms with E-state index >= 15 is 0 Å². The van der Waals surface area contributed by atoms with Crippen LogP contribution in [-0.4, -0.2) is 42.0 Å². The SMILES string of the molecule is NC1CCN(Cc2ccc(-c3cccc(CN4CCCC4)c3)cc2)CC1. The summed E-state index contributed by atoms with van der Waals surface area (Å²) in [6.45, 7) is 6.88. The first-order valence-corrected chi connectivity index (χ1v) is 10.1. The maximum atomic E-state index is 6.01. The zero-order chi connectivity index (χ0) is 17.8. The normalized spacial score (nSPS) is 19.9. The molecule has 0 bridgehead atoms. The first kappa shape index (κ1) is 17.7. The zero-order valence-electron chi connectivity index (χ0n) is 15.7. The summed E-state index contributed by atoms with van der Waals surface area (Å²) in [5, 5.41) is 0. The highest BCUT2D eigenvalue weighted by Gasteiger charge is 2.16. The molecule has 0 spiro atoms. The van der Waals surface area contributed by atoms with Crippen LogP contribution < -0.4 is 5.73 Å². The number of nitrogens with two attached hydrogens (primary N) is 1. The maximum absolute atomic E-state index is 6.01. The fourth-order valence-electron chi connectivity index (χ4n) is 4.22. The lowest BCUT2D eigenvalue weighted by molar-refractivity contribution is 0.205. The molecule has 0 unspecified atom stereocenters. The van der Waals surface area contributed by atoms with Gasteiger partial charge in [0.1, 0.15) is 0 Å². The van der Waals surface area contributed by atoms with Crippen molar-refractivity contribution in [2.45, 2.75) is 44.8 Å². The Morgan fingerprint density at radius 2 is 1.38 bits per heavy atom. The van der Waals surface area contributed by atoms with Crippen LogP contribution >= 0.6 is 0 Å². The molecule has 0 aliphatic carbocycles. The Morgan fingerprint density at radius 1 is 0.731 bits per heavy atom. The molecule has 0 aromatic heterocycles. The summed E-state index contributed by atoms with van der Waals surface area (Å²) < 4.78 is 0. The Hall–Kier alpha value is -1.68. The fraction of sp³-hybridized carbons (Fsp3) is 0.478. The Balaban J connectivity index is 1.40. The molecule has 2 N–H and O–H groups in total. The molecule has 0 amide bonds. The molecule has 2 aromatic carbocycles. The molecule has 2 aliphatic heterocycles. The smallest absolute Gasteiger partial charge is 0.0233 e. The van der Waals surface area contributed by atoms with E-state index in [1.807, 2.05) is 0 Å². The first-order chi connectivity index (χ1) is 12.8. The van der Waals surface area contributed by atoms with E-state index in [1.54, 1.807) is 0 Å². The van der Waals surface area contributed by atoms with Gasteiger partial charge in [-0.2, -0.15) is 0 Å². The predicted molar refractivity (Wildman–Crippen MR) is 109 cm³/mol. The molecule has 2 aromatic rings. The minimum atomic E-state index is 0.404. The topological polar surface area (TPSA) is 32.5 Å². The van der Waals surface area contributed by atoms with E-state index < -0.39 is 0 Å². The van der Waals surface area contributed by atoms with E-state index in [2.05, 4.69) is 58.3 Å². The third-order valence-electron chi connectivity index (χ3n) is 5.86. The van der Waals surface area contributed by atoms with Crippen LogP contribution in [-0.2, 0) is 13.1 Å². The van der Waals surface area contributed by atoms with Crippen molar-refractivity contribution in [1.82, 2.24) is 9.80 Å². The standard InChI is InChI=1S/C23H31N3/c24-23-10-14-26(15-11-23)17-19-6-8-21(9-7-19)22-5-3-4-20(16-22)18-25-12-1-2-13-25/h3-9,16,23H,1-2,10-15,17-18,24H2. The van der Waals surface area contributed by atoms with Crippen molar-refractivity contribution >= 4 is 0 Å². The highest BCUT2D eigenvalue weighted by atomic mass is 15.1. The van der Waals surface area contributed by atoms with Crippen molar-refractivity contribution in [1.29, 1.82) is 0 Å². The van der Waals surface area contributed by atoms with Crippen LogP contribution in [0.4, 0.5) is 0 Å². The van der Waals surface area contributed by atoms with Gasteiger partial charge in [0, 0.05) is 19.1 Å². The van der Waals surface area contributed by atoms with Crippen molar-refractivity contribution in [3.8, 4) is 11.1 Å². The molecule has 138 valence electrons. The van der Waals surface area contributed by atoms with Crippen molar-refractivity contribution < 1.29 is 0 Å². The van der Waals surface area contributed by atoms with Crippen molar-refractivity contribution in [3.05, 3.63) is 59.7 Å². The van der Waals surface area contributed by atoms with E-state index in [0.717, 1.165) is 39.0 Å². The monoisotopic (exact) mass is 349 g/mol. The Bertz CT molecular complexity index is 696. The third-order valence-corrected chi connectivity index (χ3v) is 5.86. The molecule has 2 fully saturated rings. The summed E-state index contributed by atoms with van der Waals surface area (Å²) in [4.78, 5) is 5.09. The van der Waals surface area contributed by atoms with Crippen LogP contribution in [0, 0.1) is 0 Å². The summed E-state index contributed by atoms with van der Waals surface area (Å²) in [6.07, 6.45) is 4.96. The van der Waals surface area contributed by atoms with E-state index in [9.17, 15) is 0 Å². The van der Waals surface area contributed by atoms with Crippen LogP contribution in [0.1, 0.15) is 36.8 Å². The van der Waals surface area contributed by atoms with Gasteiger partial charge in [-0.15, -0.1) is 0 Å². The van der Waals surface area contributed by atoms with Gasteiger partial charge in [0.05, 0.1) is 0 Å². The Kier molecular flexibility index (Phi) is 5.68. The summed E-state index contributed by atoms with van der Waals surface area (Å²) in [5.74, 6) is 0. The van der Waals surface area contributed by atoms with Crippen LogP contribution in [0.2, 0.25) is 0 Å². The lowest BCUT2D eigenvalue weighted by Crippen LogP contribution is -2.39. The van der Waals surface area contributed by atoms with Gasteiger partial charge < -0.3 is 5.73 Å². The predicted octanol–water partition coefficient (Wildman–Crippen LogP) is 3.87. The van der Waals surface area contributed by atoms with Gasteiger partial charge >= 0.3 is 0 Å². The van der Waals surface area contributed by atoms with Crippen LogP contribution in [0.15, 0.2) is 48.5 Å². The second kappa shape index (κ2) is 8.34. The van der Waals surface area contributed by atoms with Gasteiger partial charge in [0.25, 0.3) is 0 Å². The van der Waals surface area contributed by atoms with Crippen molar-refractivity contribution in [3.63, 3.8) is 0 Å². The van der Waals surface area contributed by atoms with E-state index in [-0.39, 0.29) is 0 Å². The number of hydrogen-bond donors (Lipinski definition) is 1. The molecule has 3 nitrogen and oxygen atoms in total. The van der Waals surface area contributed by atoms with Crippen LogP contribution in [0.3, 0.4) is 0 Å². The number of hydrogen-bond acceptors (Lipinski definition) is 3. The first-order valence-electron chi connectivity index (χ1n) is 10.1. The molecular weight excluding hydrogens is 318 g/mol. The maximum Gasteiger partial charge on any atom is 0.0233 e. The molecular formula is C23H31N3. The van der Waals surface area contributed by atoms with E-state index in [1.165, 1.54) is 48.2 Å². The number of piperidine rings is 1. The summed E-state index contributed by atoms with van der Waals surface area (Å²) in [7, 11) is 0. The summed E-state index contributed by atoms with van der Waals surface area (Å²) in [6, 6.07) is 18.6. The summed E-state index contributed by atoms with van der Waals surface area (Å²) in [5.41, 5.74) is 11.5. The van der Waals surface area contributed by atoms with Gasteiger partial charge in [-0.05, 0) is 80.2 Å². The van der Waals surface area contributed by atoms with Gasteiger partial charge in [-0.1, -0.05) is 42.5 Å². The molecule has 26 heavy (non-hydrogen) atoms. The number of nitrogens with zero attached hydrogens (tertiary/aromatic N) is 2. The van der Waals surface area contributed by atoms with Crippen molar-refractivity contribution in [2.75, 3.05) is 26.2 Å². The summed E-state index contributed by atoms with van der Waals surface area (Å²) >= 11 is 0. The molecule has 4 rings (SSSR count). The largest absolute Gasteiger partial charge is 0.328 e. The second-order valence-corrected chi connectivity index (χ2v) is 7.99. The number of likely N-dealkylation sites (tertiary alicyclic amines) is 2. The second-order valence-electron chi connectivity index (χ2n) is 7.99.